The van der Waals surface area contributed by atoms with E-state index in [9.17, 15) is 17.6 Å². The Balaban J connectivity index is 2.35. The fraction of sp³-hybridized carbons (Fsp3) is 0.0833. The zero-order valence-electron chi connectivity index (χ0n) is 9.60. The number of benzene rings is 1. The van der Waals surface area contributed by atoms with Gasteiger partial charge in [-0.05, 0) is 24.3 Å². The van der Waals surface area contributed by atoms with E-state index in [1.165, 1.54) is 18.3 Å². The van der Waals surface area contributed by atoms with Gasteiger partial charge in [-0.15, -0.1) is 0 Å². The maximum atomic E-state index is 13.5. The third kappa shape index (κ3) is 3.40. The quantitative estimate of drug-likeness (QED) is 0.717. The average molecular weight is 370 g/mol. The molecular formula is C12H6BrClF4N2. The van der Waals surface area contributed by atoms with Crippen LogP contribution in [0.25, 0.3) is 0 Å². The zero-order valence-corrected chi connectivity index (χ0v) is 11.9. The molecule has 0 unspecified atom stereocenters. The van der Waals surface area contributed by atoms with Crippen molar-refractivity contribution >= 4 is 39.0 Å². The summed E-state index contributed by atoms with van der Waals surface area (Å²) in [7, 11) is 0. The van der Waals surface area contributed by atoms with Gasteiger partial charge in [0.2, 0.25) is 0 Å². The van der Waals surface area contributed by atoms with Crippen LogP contribution in [-0.2, 0) is 6.18 Å². The van der Waals surface area contributed by atoms with Crippen LogP contribution in [0.2, 0.25) is 5.02 Å². The van der Waals surface area contributed by atoms with Crippen LogP contribution in [0.1, 0.15) is 5.56 Å². The van der Waals surface area contributed by atoms with Crippen LogP contribution in [-0.4, -0.2) is 4.98 Å². The predicted molar refractivity (Wildman–Crippen MR) is 71.6 cm³/mol. The van der Waals surface area contributed by atoms with E-state index in [-0.39, 0.29) is 21.0 Å². The van der Waals surface area contributed by atoms with Crippen molar-refractivity contribution in [3.63, 3.8) is 0 Å². The number of halogens is 6. The van der Waals surface area contributed by atoms with Crippen molar-refractivity contribution in [2.24, 2.45) is 0 Å². The van der Waals surface area contributed by atoms with E-state index in [0.29, 0.717) is 0 Å². The van der Waals surface area contributed by atoms with E-state index in [2.05, 4.69) is 26.2 Å². The number of hydrogen-bond donors (Lipinski definition) is 1. The Morgan fingerprint density at radius 3 is 2.50 bits per heavy atom. The summed E-state index contributed by atoms with van der Waals surface area (Å²) in [6, 6.07) is 4.47. The molecule has 0 amide bonds. The van der Waals surface area contributed by atoms with E-state index in [1.807, 2.05) is 0 Å². The van der Waals surface area contributed by atoms with Crippen molar-refractivity contribution < 1.29 is 17.6 Å². The van der Waals surface area contributed by atoms with Gasteiger partial charge in [0, 0.05) is 16.4 Å². The van der Waals surface area contributed by atoms with E-state index in [4.69, 9.17) is 11.6 Å². The van der Waals surface area contributed by atoms with Crippen molar-refractivity contribution in [1.82, 2.24) is 4.98 Å². The number of nitrogens with one attached hydrogen (secondary N) is 1. The summed E-state index contributed by atoms with van der Waals surface area (Å²) >= 11 is 8.36. The number of hydrogen-bond acceptors (Lipinski definition) is 2. The molecule has 2 nitrogen and oxygen atoms in total. The molecule has 2 aromatic rings. The number of aromatic nitrogens is 1. The molecule has 1 N–H and O–H groups in total. The summed E-state index contributed by atoms with van der Waals surface area (Å²) in [6.45, 7) is 0. The number of anilines is 2. The van der Waals surface area contributed by atoms with E-state index < -0.39 is 17.6 Å². The Hall–Kier alpha value is -1.34. The minimum atomic E-state index is -4.51. The van der Waals surface area contributed by atoms with E-state index in [0.717, 1.165) is 12.1 Å². The van der Waals surface area contributed by atoms with Gasteiger partial charge in [0.1, 0.15) is 0 Å². The first-order valence-corrected chi connectivity index (χ1v) is 6.39. The van der Waals surface area contributed by atoms with Crippen molar-refractivity contribution in [3.8, 4) is 0 Å². The summed E-state index contributed by atoms with van der Waals surface area (Å²) in [5.41, 5.74) is -0.800. The largest absolute Gasteiger partial charge is 0.417 e. The van der Waals surface area contributed by atoms with Crippen LogP contribution in [0.4, 0.5) is 29.1 Å². The fourth-order valence-electron chi connectivity index (χ4n) is 1.46. The van der Waals surface area contributed by atoms with Crippen molar-refractivity contribution in [3.05, 3.63) is 51.3 Å². The lowest BCUT2D eigenvalue weighted by atomic mass is 10.2. The number of rotatable bonds is 2. The number of pyridine rings is 1. The van der Waals surface area contributed by atoms with Crippen LogP contribution in [0.3, 0.4) is 0 Å². The molecule has 0 radical (unpaired) electrons. The second-order valence-electron chi connectivity index (χ2n) is 3.80. The molecule has 0 aliphatic carbocycles. The SMILES string of the molecule is Fc1cc(Cl)cnc1Nc1ccc(Br)c(C(F)(F)F)c1. The maximum absolute atomic E-state index is 13.5. The van der Waals surface area contributed by atoms with E-state index >= 15 is 0 Å². The molecule has 0 aliphatic heterocycles. The highest BCUT2D eigenvalue weighted by Crippen LogP contribution is 2.36. The summed E-state index contributed by atoms with van der Waals surface area (Å²) in [5.74, 6) is -0.959. The molecule has 0 saturated heterocycles. The molecule has 8 heteroatoms. The minimum Gasteiger partial charge on any atom is -0.338 e. The molecule has 0 atom stereocenters. The van der Waals surface area contributed by atoms with E-state index in [1.54, 1.807) is 0 Å². The number of alkyl halides is 3. The summed E-state index contributed by atoms with van der Waals surface area (Å²) in [4.78, 5) is 3.68. The van der Waals surface area contributed by atoms with Gasteiger partial charge in [0.05, 0.1) is 10.6 Å². The monoisotopic (exact) mass is 368 g/mol. The lowest BCUT2D eigenvalue weighted by Crippen LogP contribution is -2.07. The number of nitrogens with zero attached hydrogens (tertiary/aromatic N) is 1. The third-order valence-electron chi connectivity index (χ3n) is 2.34. The second kappa shape index (κ2) is 5.57. The Kier molecular flexibility index (Phi) is 4.19. The second-order valence-corrected chi connectivity index (χ2v) is 5.09. The van der Waals surface area contributed by atoms with Crippen molar-refractivity contribution in [2.75, 3.05) is 5.32 Å². The average Bonchev–Trinajstić information content (AvgIpc) is 2.33. The molecule has 0 spiro atoms. The van der Waals surface area contributed by atoms with Gasteiger partial charge >= 0.3 is 6.18 Å². The molecule has 0 fully saturated rings. The Bertz CT molecular complexity index is 646. The van der Waals surface area contributed by atoms with Crippen LogP contribution >= 0.6 is 27.5 Å². The molecule has 0 bridgehead atoms. The standard InChI is InChI=1S/C12H6BrClF4N2/c13-9-2-1-7(4-8(9)12(16,17)18)20-11-10(15)3-6(14)5-19-11/h1-5H,(H,19,20). The summed E-state index contributed by atoms with van der Waals surface area (Å²) in [5, 5.41) is 2.57. The van der Waals surface area contributed by atoms with Crippen molar-refractivity contribution in [1.29, 1.82) is 0 Å². The molecule has 20 heavy (non-hydrogen) atoms. The van der Waals surface area contributed by atoms with Crippen LogP contribution in [0.15, 0.2) is 34.9 Å². The Labute approximate surface area is 124 Å². The molecule has 0 saturated carbocycles. The minimum absolute atomic E-state index is 0.0641. The highest BCUT2D eigenvalue weighted by molar-refractivity contribution is 9.10. The van der Waals surface area contributed by atoms with Crippen LogP contribution in [0, 0.1) is 5.82 Å². The topological polar surface area (TPSA) is 24.9 Å². The van der Waals surface area contributed by atoms with Gasteiger partial charge in [-0.2, -0.15) is 13.2 Å². The summed E-state index contributed by atoms with van der Waals surface area (Å²) < 4.78 is 51.6. The maximum Gasteiger partial charge on any atom is 0.417 e. The first kappa shape index (κ1) is 15.1. The first-order chi connectivity index (χ1) is 9.27. The lowest BCUT2D eigenvalue weighted by Gasteiger charge is -2.12. The molecule has 1 aromatic carbocycles. The first-order valence-electron chi connectivity index (χ1n) is 5.22. The zero-order chi connectivity index (χ0) is 14.9. The van der Waals surface area contributed by atoms with Gasteiger partial charge in [0.25, 0.3) is 0 Å². The van der Waals surface area contributed by atoms with Crippen molar-refractivity contribution in [2.45, 2.75) is 6.18 Å². The molecule has 106 valence electrons. The lowest BCUT2D eigenvalue weighted by molar-refractivity contribution is -0.138. The molecular weight excluding hydrogens is 363 g/mol. The van der Waals surface area contributed by atoms with Gasteiger partial charge in [0.15, 0.2) is 11.6 Å². The highest BCUT2D eigenvalue weighted by Gasteiger charge is 2.33. The van der Waals surface area contributed by atoms with Crippen LogP contribution < -0.4 is 5.32 Å². The van der Waals surface area contributed by atoms with Gasteiger partial charge in [-0.25, -0.2) is 9.37 Å². The van der Waals surface area contributed by atoms with Gasteiger partial charge in [-0.1, -0.05) is 27.5 Å². The van der Waals surface area contributed by atoms with Gasteiger partial charge in [-0.3, -0.25) is 0 Å². The Morgan fingerprint density at radius 2 is 1.90 bits per heavy atom. The molecule has 0 aliphatic rings. The smallest absolute Gasteiger partial charge is 0.338 e. The molecule has 2 rings (SSSR count). The highest BCUT2D eigenvalue weighted by atomic mass is 79.9. The third-order valence-corrected chi connectivity index (χ3v) is 3.24. The molecule has 1 aromatic heterocycles. The van der Waals surface area contributed by atoms with Crippen LogP contribution in [0.5, 0.6) is 0 Å². The Morgan fingerprint density at radius 1 is 1.20 bits per heavy atom. The fourth-order valence-corrected chi connectivity index (χ4v) is 2.08. The predicted octanol–water partition coefficient (Wildman–Crippen LogP) is 5.40. The molecule has 1 heterocycles. The van der Waals surface area contributed by atoms with Gasteiger partial charge < -0.3 is 5.32 Å². The summed E-state index contributed by atoms with van der Waals surface area (Å²) in [6.07, 6.45) is -3.32. The normalized spacial score (nSPS) is 11.5.